The molecule has 0 aromatic carbocycles. The number of nitrogen functional groups attached to an aromatic ring is 1. The number of amides is 1. The topological polar surface area (TPSA) is 90.1 Å². The number of nitrogens with zero attached hydrogens (tertiary/aromatic N) is 2. The maximum Gasteiger partial charge on any atom is 0.283 e. The van der Waals surface area contributed by atoms with Crippen LogP contribution in [0.2, 0.25) is 0 Å². The highest BCUT2D eigenvalue weighted by Crippen LogP contribution is 2.02. The summed E-state index contributed by atoms with van der Waals surface area (Å²) in [6, 6.07) is 10.9. The number of hydrazine groups is 1. The summed E-state index contributed by atoms with van der Waals surface area (Å²) in [6.45, 7) is 0.893. The Hall–Kier alpha value is -2.31. The molecule has 104 valence electrons. The minimum absolute atomic E-state index is 0.276. The lowest BCUT2D eigenvalue weighted by molar-refractivity contribution is 0.0946. The largest absolute Gasteiger partial charge is 0.375 e. The molecule has 2 rings (SSSR count). The van der Waals surface area contributed by atoms with Gasteiger partial charge < -0.3 is 4.74 Å². The molecular weight excluding hydrogens is 256 g/mol. The van der Waals surface area contributed by atoms with Crippen molar-refractivity contribution < 1.29 is 9.53 Å². The lowest BCUT2D eigenvalue weighted by Crippen LogP contribution is -2.30. The molecule has 0 aliphatic carbocycles. The van der Waals surface area contributed by atoms with Crippen molar-refractivity contribution in [1.82, 2.24) is 15.4 Å². The van der Waals surface area contributed by atoms with Crippen LogP contribution in [0.25, 0.3) is 0 Å². The van der Waals surface area contributed by atoms with E-state index in [0.29, 0.717) is 18.9 Å². The fraction of sp³-hybridized carbons (Fsp3) is 0.214. The van der Waals surface area contributed by atoms with E-state index in [0.717, 1.165) is 12.1 Å². The van der Waals surface area contributed by atoms with E-state index >= 15 is 0 Å². The van der Waals surface area contributed by atoms with Crippen molar-refractivity contribution in [3.63, 3.8) is 0 Å². The first-order chi connectivity index (χ1) is 9.79. The number of hydrogen-bond acceptors (Lipinski definition) is 5. The van der Waals surface area contributed by atoms with Gasteiger partial charge in [0.05, 0.1) is 18.9 Å². The predicted octanol–water partition coefficient (Wildman–Crippen LogP) is 0.839. The van der Waals surface area contributed by atoms with Gasteiger partial charge in [-0.1, -0.05) is 12.1 Å². The molecule has 2 aromatic rings. The Kier molecular flexibility index (Phi) is 5.16. The van der Waals surface area contributed by atoms with E-state index in [4.69, 9.17) is 10.6 Å². The van der Waals surface area contributed by atoms with Gasteiger partial charge in [0.1, 0.15) is 5.69 Å². The van der Waals surface area contributed by atoms with Crippen molar-refractivity contribution in [1.29, 1.82) is 0 Å². The predicted molar refractivity (Wildman–Crippen MR) is 73.5 cm³/mol. The Morgan fingerprint density at radius 3 is 2.80 bits per heavy atom. The number of nitrogens with one attached hydrogen (secondary N) is 1. The van der Waals surface area contributed by atoms with Gasteiger partial charge in [0.15, 0.2) is 0 Å². The van der Waals surface area contributed by atoms with Gasteiger partial charge >= 0.3 is 0 Å². The molecule has 1 amide bonds. The number of ether oxygens (including phenoxy) is 1. The van der Waals surface area contributed by atoms with Crippen LogP contribution in [0.1, 0.15) is 21.9 Å². The second-order valence-corrected chi connectivity index (χ2v) is 4.11. The molecule has 0 saturated heterocycles. The minimum atomic E-state index is -0.416. The third kappa shape index (κ3) is 4.11. The van der Waals surface area contributed by atoms with Gasteiger partial charge in [0.2, 0.25) is 0 Å². The van der Waals surface area contributed by atoms with Crippen molar-refractivity contribution in [2.45, 2.75) is 13.0 Å². The minimum Gasteiger partial charge on any atom is -0.375 e. The fourth-order valence-corrected chi connectivity index (χ4v) is 1.66. The third-order valence-corrected chi connectivity index (χ3v) is 2.65. The van der Waals surface area contributed by atoms with E-state index in [9.17, 15) is 4.79 Å². The fourth-order valence-electron chi connectivity index (χ4n) is 1.66. The molecule has 0 bridgehead atoms. The molecule has 6 heteroatoms. The van der Waals surface area contributed by atoms with E-state index in [1.54, 1.807) is 24.4 Å². The summed E-state index contributed by atoms with van der Waals surface area (Å²) in [6.07, 6.45) is 2.50. The van der Waals surface area contributed by atoms with Crippen LogP contribution in [0.4, 0.5) is 0 Å². The van der Waals surface area contributed by atoms with Crippen molar-refractivity contribution >= 4 is 5.91 Å². The maximum atomic E-state index is 11.3. The lowest BCUT2D eigenvalue weighted by Gasteiger charge is -2.05. The van der Waals surface area contributed by atoms with Crippen LogP contribution in [0.5, 0.6) is 0 Å². The number of nitrogens with two attached hydrogens (primary N) is 1. The third-order valence-electron chi connectivity index (χ3n) is 2.65. The second kappa shape index (κ2) is 7.32. The Balaban J connectivity index is 1.81. The monoisotopic (exact) mass is 272 g/mol. The summed E-state index contributed by atoms with van der Waals surface area (Å²) in [5.41, 5.74) is 3.99. The number of carbonyl (C=O) groups is 1. The van der Waals surface area contributed by atoms with Crippen molar-refractivity contribution in [2.75, 3.05) is 6.61 Å². The Bertz CT molecular complexity index is 560. The molecule has 3 N–H and O–H groups in total. The van der Waals surface area contributed by atoms with Gasteiger partial charge in [-0.05, 0) is 24.3 Å². The van der Waals surface area contributed by atoms with Crippen LogP contribution in [-0.4, -0.2) is 22.5 Å². The van der Waals surface area contributed by atoms with Crippen LogP contribution in [0.3, 0.4) is 0 Å². The number of aromatic nitrogens is 2. The zero-order valence-corrected chi connectivity index (χ0v) is 11.0. The van der Waals surface area contributed by atoms with Gasteiger partial charge in [-0.25, -0.2) is 10.8 Å². The van der Waals surface area contributed by atoms with Gasteiger partial charge in [-0.2, -0.15) is 0 Å². The molecule has 0 radical (unpaired) electrons. The molecule has 0 unspecified atom stereocenters. The molecule has 0 aliphatic heterocycles. The lowest BCUT2D eigenvalue weighted by atomic mass is 10.3. The Morgan fingerprint density at radius 1 is 1.20 bits per heavy atom. The average molecular weight is 272 g/mol. The van der Waals surface area contributed by atoms with Crippen molar-refractivity contribution in [2.24, 2.45) is 5.84 Å². The SMILES string of the molecule is NNC(=O)c1cccc(COCCc2ccccn2)n1. The normalized spacial score (nSPS) is 10.2. The van der Waals surface area contributed by atoms with Gasteiger partial charge in [0, 0.05) is 18.3 Å². The molecule has 0 aliphatic rings. The Labute approximate surface area is 117 Å². The van der Waals surface area contributed by atoms with Crippen LogP contribution in [0.15, 0.2) is 42.6 Å². The summed E-state index contributed by atoms with van der Waals surface area (Å²) in [5.74, 6) is 4.65. The van der Waals surface area contributed by atoms with E-state index in [2.05, 4.69) is 9.97 Å². The van der Waals surface area contributed by atoms with Crippen LogP contribution < -0.4 is 11.3 Å². The smallest absolute Gasteiger partial charge is 0.283 e. The molecule has 0 spiro atoms. The Morgan fingerprint density at radius 2 is 2.05 bits per heavy atom. The van der Waals surface area contributed by atoms with Gasteiger partial charge in [-0.15, -0.1) is 0 Å². The van der Waals surface area contributed by atoms with E-state index in [1.165, 1.54) is 0 Å². The van der Waals surface area contributed by atoms with Gasteiger partial charge in [0.25, 0.3) is 5.91 Å². The molecule has 2 aromatic heterocycles. The molecule has 2 heterocycles. The highest BCUT2D eigenvalue weighted by atomic mass is 16.5. The average Bonchev–Trinajstić information content (AvgIpc) is 2.52. The molecule has 20 heavy (non-hydrogen) atoms. The summed E-state index contributed by atoms with van der Waals surface area (Å²) in [4.78, 5) is 19.7. The standard InChI is InChI=1S/C14H16N4O2/c15-18-14(19)13-6-3-5-12(17-13)10-20-9-7-11-4-1-2-8-16-11/h1-6,8H,7,9-10,15H2,(H,18,19). The number of pyridine rings is 2. The molecule has 0 saturated carbocycles. The summed E-state index contributed by atoms with van der Waals surface area (Å²) < 4.78 is 5.53. The number of carbonyl (C=O) groups excluding carboxylic acids is 1. The maximum absolute atomic E-state index is 11.3. The van der Waals surface area contributed by atoms with E-state index in [1.807, 2.05) is 23.6 Å². The first kappa shape index (κ1) is 14.1. The first-order valence-corrected chi connectivity index (χ1v) is 6.24. The van der Waals surface area contributed by atoms with Crippen LogP contribution in [-0.2, 0) is 17.8 Å². The molecule has 0 atom stereocenters. The molecular formula is C14H16N4O2. The molecule has 0 fully saturated rings. The summed E-state index contributed by atoms with van der Waals surface area (Å²) in [7, 11) is 0. The zero-order chi connectivity index (χ0) is 14.2. The van der Waals surface area contributed by atoms with Crippen molar-refractivity contribution in [3.05, 3.63) is 59.7 Å². The summed E-state index contributed by atoms with van der Waals surface area (Å²) in [5, 5.41) is 0. The van der Waals surface area contributed by atoms with Gasteiger partial charge in [-0.3, -0.25) is 15.2 Å². The summed E-state index contributed by atoms with van der Waals surface area (Å²) >= 11 is 0. The molecule has 6 nitrogen and oxygen atoms in total. The van der Waals surface area contributed by atoms with E-state index in [-0.39, 0.29) is 5.69 Å². The second-order valence-electron chi connectivity index (χ2n) is 4.11. The zero-order valence-electron chi connectivity index (χ0n) is 11.0. The van der Waals surface area contributed by atoms with Crippen LogP contribution in [0, 0.1) is 0 Å². The first-order valence-electron chi connectivity index (χ1n) is 6.24. The quantitative estimate of drug-likeness (QED) is 0.352. The number of rotatable bonds is 6. The highest BCUT2D eigenvalue weighted by molar-refractivity contribution is 5.91. The van der Waals surface area contributed by atoms with Crippen LogP contribution >= 0.6 is 0 Å². The number of hydrogen-bond donors (Lipinski definition) is 2. The van der Waals surface area contributed by atoms with Crippen molar-refractivity contribution in [3.8, 4) is 0 Å². The highest BCUT2D eigenvalue weighted by Gasteiger charge is 2.05. The van der Waals surface area contributed by atoms with E-state index < -0.39 is 5.91 Å².